The largest absolute Gasteiger partial charge is 0.497 e. The molecule has 0 bridgehead atoms. The third-order valence-electron chi connectivity index (χ3n) is 3.89. The molecule has 0 saturated carbocycles. The van der Waals surface area contributed by atoms with E-state index in [9.17, 15) is 13.2 Å². The number of nitrogens with one attached hydrogen (secondary N) is 1. The van der Waals surface area contributed by atoms with Crippen molar-refractivity contribution in [3.63, 3.8) is 0 Å². The third kappa shape index (κ3) is 5.89. The van der Waals surface area contributed by atoms with Gasteiger partial charge in [-0.2, -0.15) is 0 Å². The molecule has 0 saturated heterocycles. The fourth-order valence-corrected chi connectivity index (χ4v) is 3.55. The van der Waals surface area contributed by atoms with Crippen LogP contribution in [0.3, 0.4) is 0 Å². The average Bonchev–Trinajstić information content (AvgIpc) is 2.64. The van der Waals surface area contributed by atoms with E-state index < -0.39 is 10.0 Å². The minimum Gasteiger partial charge on any atom is -0.497 e. The molecule has 0 aliphatic carbocycles. The van der Waals surface area contributed by atoms with Gasteiger partial charge in [-0.05, 0) is 30.7 Å². The zero-order chi connectivity index (χ0) is 19.9. The third-order valence-corrected chi connectivity index (χ3v) is 5.08. The van der Waals surface area contributed by atoms with Crippen LogP contribution in [0, 0.1) is 0 Å². The van der Waals surface area contributed by atoms with E-state index in [1.165, 1.54) is 18.5 Å². The molecule has 0 heterocycles. The predicted molar refractivity (Wildman–Crippen MR) is 106 cm³/mol. The standard InChI is InChI=1S/C19H24N2O5S/c1-25-16-9-6-8-15(14-16)21(27(3,23)24)13-7-12-19(22)20-17-10-4-5-11-18(17)26-2/h4-6,8-11,14H,7,12-13H2,1-3H3,(H,20,22). The molecule has 8 heteroatoms. The van der Waals surface area contributed by atoms with E-state index in [0.717, 1.165) is 6.26 Å². The lowest BCUT2D eigenvalue weighted by atomic mass is 10.2. The van der Waals surface area contributed by atoms with Gasteiger partial charge in [0.2, 0.25) is 15.9 Å². The molecule has 7 nitrogen and oxygen atoms in total. The first-order chi connectivity index (χ1) is 12.8. The number of hydrogen-bond donors (Lipinski definition) is 1. The molecule has 0 fully saturated rings. The molecule has 1 N–H and O–H groups in total. The summed E-state index contributed by atoms with van der Waals surface area (Å²) in [6, 6.07) is 13.9. The molecule has 0 radical (unpaired) electrons. The van der Waals surface area contributed by atoms with Crippen LogP contribution in [0.15, 0.2) is 48.5 Å². The first-order valence-corrected chi connectivity index (χ1v) is 10.2. The minimum atomic E-state index is -3.48. The summed E-state index contributed by atoms with van der Waals surface area (Å²) >= 11 is 0. The number of carbonyl (C=O) groups is 1. The Labute approximate surface area is 160 Å². The SMILES string of the molecule is COc1cccc(N(CCCC(=O)Nc2ccccc2OC)S(C)(=O)=O)c1. The predicted octanol–water partition coefficient (Wildman–Crippen LogP) is 2.89. The summed E-state index contributed by atoms with van der Waals surface area (Å²) in [5, 5.41) is 2.78. The maximum absolute atomic E-state index is 12.2. The normalized spacial score (nSPS) is 10.9. The van der Waals surface area contributed by atoms with Gasteiger partial charge in [0.05, 0.1) is 31.9 Å². The summed E-state index contributed by atoms with van der Waals surface area (Å²) in [4.78, 5) is 12.2. The topological polar surface area (TPSA) is 84.9 Å². The van der Waals surface area contributed by atoms with Crippen molar-refractivity contribution < 1.29 is 22.7 Å². The lowest BCUT2D eigenvalue weighted by Crippen LogP contribution is -2.31. The van der Waals surface area contributed by atoms with Crippen molar-refractivity contribution in [3.05, 3.63) is 48.5 Å². The Kier molecular flexibility index (Phi) is 7.06. The van der Waals surface area contributed by atoms with Crippen LogP contribution >= 0.6 is 0 Å². The Morgan fingerprint density at radius 3 is 2.48 bits per heavy atom. The van der Waals surface area contributed by atoms with Gasteiger partial charge in [0, 0.05) is 19.0 Å². The second-order valence-corrected chi connectivity index (χ2v) is 7.80. The summed E-state index contributed by atoms with van der Waals surface area (Å²) in [5.41, 5.74) is 1.08. The number of nitrogens with zero attached hydrogens (tertiary/aromatic N) is 1. The van der Waals surface area contributed by atoms with Crippen molar-refractivity contribution in [2.24, 2.45) is 0 Å². The van der Waals surface area contributed by atoms with E-state index in [1.807, 2.05) is 6.07 Å². The quantitative estimate of drug-likeness (QED) is 0.709. The Morgan fingerprint density at radius 2 is 1.81 bits per heavy atom. The second kappa shape index (κ2) is 9.27. The van der Waals surface area contributed by atoms with Crippen LogP contribution in [-0.4, -0.2) is 41.3 Å². The summed E-state index contributed by atoms with van der Waals surface area (Å²) in [7, 11) is -0.434. The maximum Gasteiger partial charge on any atom is 0.232 e. The maximum atomic E-state index is 12.2. The van der Waals surface area contributed by atoms with Crippen molar-refractivity contribution in [1.82, 2.24) is 0 Å². The van der Waals surface area contributed by atoms with E-state index in [2.05, 4.69) is 5.32 Å². The molecule has 0 aliphatic heterocycles. The molecule has 0 atom stereocenters. The summed E-state index contributed by atoms with van der Waals surface area (Å²) < 4.78 is 35.9. The highest BCUT2D eigenvalue weighted by atomic mass is 32.2. The Balaban J connectivity index is 2.00. The van der Waals surface area contributed by atoms with Crippen molar-refractivity contribution in [2.75, 3.05) is 36.6 Å². The van der Waals surface area contributed by atoms with Gasteiger partial charge in [-0.3, -0.25) is 9.10 Å². The molecule has 0 unspecified atom stereocenters. The van der Waals surface area contributed by atoms with Gasteiger partial charge in [0.25, 0.3) is 0 Å². The number of sulfonamides is 1. The fourth-order valence-electron chi connectivity index (χ4n) is 2.60. The lowest BCUT2D eigenvalue weighted by molar-refractivity contribution is -0.116. The highest BCUT2D eigenvalue weighted by Gasteiger charge is 2.18. The Morgan fingerprint density at radius 1 is 1.07 bits per heavy atom. The first kappa shape index (κ1) is 20.6. The van der Waals surface area contributed by atoms with Crippen molar-refractivity contribution in [2.45, 2.75) is 12.8 Å². The van der Waals surface area contributed by atoms with E-state index in [4.69, 9.17) is 9.47 Å². The fraction of sp³-hybridized carbons (Fsp3) is 0.316. The van der Waals surface area contributed by atoms with Gasteiger partial charge in [0.15, 0.2) is 0 Å². The van der Waals surface area contributed by atoms with Crippen LogP contribution in [-0.2, 0) is 14.8 Å². The molecule has 0 aliphatic rings. The smallest absolute Gasteiger partial charge is 0.232 e. The van der Waals surface area contributed by atoms with E-state index in [-0.39, 0.29) is 18.9 Å². The van der Waals surface area contributed by atoms with Crippen LogP contribution in [0.2, 0.25) is 0 Å². The van der Waals surface area contributed by atoms with E-state index >= 15 is 0 Å². The summed E-state index contributed by atoms with van der Waals surface area (Å²) in [6.45, 7) is 0.186. The van der Waals surface area contributed by atoms with Crippen LogP contribution in [0.5, 0.6) is 11.5 Å². The van der Waals surface area contributed by atoms with Crippen molar-refractivity contribution in [3.8, 4) is 11.5 Å². The number of benzene rings is 2. The zero-order valence-electron chi connectivity index (χ0n) is 15.6. The molecular weight excluding hydrogens is 368 g/mol. The molecule has 27 heavy (non-hydrogen) atoms. The number of carbonyl (C=O) groups excluding carboxylic acids is 1. The highest BCUT2D eigenvalue weighted by Crippen LogP contribution is 2.25. The average molecular weight is 392 g/mol. The summed E-state index contributed by atoms with van der Waals surface area (Å²) in [6.07, 6.45) is 1.68. The molecule has 2 aromatic rings. The van der Waals surface area contributed by atoms with Gasteiger partial charge >= 0.3 is 0 Å². The molecule has 2 rings (SSSR count). The number of rotatable bonds is 9. The molecular formula is C19H24N2O5S. The molecule has 0 spiro atoms. The number of anilines is 2. The Bertz CT molecular complexity index is 883. The molecule has 0 aromatic heterocycles. The van der Waals surface area contributed by atoms with Gasteiger partial charge in [-0.25, -0.2) is 8.42 Å². The summed E-state index contributed by atoms with van der Waals surface area (Å²) in [5.74, 6) is 0.925. The highest BCUT2D eigenvalue weighted by molar-refractivity contribution is 7.92. The number of hydrogen-bond acceptors (Lipinski definition) is 5. The number of methoxy groups -OCH3 is 2. The van der Waals surface area contributed by atoms with Crippen LogP contribution in [0.25, 0.3) is 0 Å². The number of para-hydroxylation sites is 2. The molecule has 146 valence electrons. The van der Waals surface area contributed by atoms with Gasteiger partial charge < -0.3 is 14.8 Å². The van der Waals surface area contributed by atoms with Gasteiger partial charge in [0.1, 0.15) is 11.5 Å². The molecule has 1 amide bonds. The van der Waals surface area contributed by atoms with Crippen LogP contribution < -0.4 is 19.1 Å². The van der Waals surface area contributed by atoms with E-state index in [1.54, 1.807) is 42.5 Å². The van der Waals surface area contributed by atoms with Gasteiger partial charge in [-0.15, -0.1) is 0 Å². The number of amides is 1. The lowest BCUT2D eigenvalue weighted by Gasteiger charge is -2.22. The second-order valence-electron chi connectivity index (χ2n) is 5.89. The Hall–Kier alpha value is -2.74. The van der Waals surface area contributed by atoms with E-state index in [0.29, 0.717) is 29.3 Å². The number of ether oxygens (including phenoxy) is 2. The van der Waals surface area contributed by atoms with Crippen LogP contribution in [0.4, 0.5) is 11.4 Å². The van der Waals surface area contributed by atoms with Crippen molar-refractivity contribution in [1.29, 1.82) is 0 Å². The van der Waals surface area contributed by atoms with Gasteiger partial charge in [-0.1, -0.05) is 18.2 Å². The zero-order valence-corrected chi connectivity index (χ0v) is 16.5. The monoisotopic (exact) mass is 392 g/mol. The first-order valence-electron chi connectivity index (χ1n) is 8.40. The minimum absolute atomic E-state index is 0.175. The van der Waals surface area contributed by atoms with Crippen molar-refractivity contribution >= 4 is 27.3 Å². The molecule has 2 aromatic carbocycles. The van der Waals surface area contributed by atoms with Crippen LogP contribution in [0.1, 0.15) is 12.8 Å².